The second-order valence-electron chi connectivity index (χ2n) is 6.94. The minimum Gasteiger partial charge on any atom is -0.490 e. The first-order valence-electron chi connectivity index (χ1n) is 9.76. The first-order chi connectivity index (χ1) is 13.3. The zero-order valence-electron chi connectivity index (χ0n) is 15.7. The second-order valence-corrected chi connectivity index (χ2v) is 7.32. The number of hydrogen-bond acceptors (Lipinski definition) is 4. The van der Waals surface area contributed by atoms with Crippen LogP contribution >= 0.6 is 11.6 Å². The summed E-state index contributed by atoms with van der Waals surface area (Å²) in [6.07, 6.45) is 3.65. The summed E-state index contributed by atoms with van der Waals surface area (Å²) >= 11 is 6.68. The molecule has 0 amide bonds. The molecule has 0 atom stereocenters. The van der Waals surface area contributed by atoms with Crippen LogP contribution in [-0.4, -0.2) is 42.7 Å². The molecule has 1 aliphatic heterocycles. The largest absolute Gasteiger partial charge is 0.490 e. The number of halogens is 1. The summed E-state index contributed by atoms with van der Waals surface area (Å²) in [6.45, 7) is 6.74. The second kappa shape index (κ2) is 8.32. The van der Waals surface area contributed by atoms with E-state index in [1.807, 2.05) is 43.3 Å². The van der Waals surface area contributed by atoms with E-state index >= 15 is 0 Å². The van der Waals surface area contributed by atoms with Gasteiger partial charge in [0.05, 0.1) is 29.3 Å². The third-order valence-corrected chi connectivity index (χ3v) is 5.46. The molecule has 0 unspecified atom stereocenters. The lowest BCUT2D eigenvalue weighted by atomic mass is 10.1. The van der Waals surface area contributed by atoms with Crippen molar-refractivity contribution in [3.8, 4) is 11.5 Å². The van der Waals surface area contributed by atoms with Crippen LogP contribution in [0.2, 0.25) is 5.02 Å². The number of fused-ring (bicyclic) bond motifs is 2. The zero-order chi connectivity index (χ0) is 18.6. The molecule has 0 radical (unpaired) electrons. The van der Waals surface area contributed by atoms with E-state index in [-0.39, 0.29) is 0 Å². The number of para-hydroxylation sites is 1. The molecule has 142 valence electrons. The molecule has 2 aromatic carbocycles. The summed E-state index contributed by atoms with van der Waals surface area (Å²) in [6, 6.07) is 11.8. The van der Waals surface area contributed by atoms with Gasteiger partial charge in [0, 0.05) is 23.4 Å². The molecular formula is C22H25ClN2O2. The quantitative estimate of drug-likeness (QED) is 0.408. The Morgan fingerprint density at radius 3 is 2.59 bits per heavy atom. The highest BCUT2D eigenvalue weighted by molar-refractivity contribution is 6.40. The maximum Gasteiger partial charge on any atom is 0.163 e. The van der Waals surface area contributed by atoms with E-state index in [1.165, 1.54) is 25.9 Å². The van der Waals surface area contributed by atoms with Crippen molar-refractivity contribution in [2.45, 2.75) is 26.2 Å². The smallest absolute Gasteiger partial charge is 0.163 e. The van der Waals surface area contributed by atoms with E-state index in [1.54, 1.807) is 0 Å². The summed E-state index contributed by atoms with van der Waals surface area (Å²) in [5, 5.41) is 2.56. The van der Waals surface area contributed by atoms with Crippen LogP contribution in [-0.2, 0) is 0 Å². The Balaban J connectivity index is 1.60. The van der Waals surface area contributed by atoms with Crippen LogP contribution in [0.1, 0.15) is 26.2 Å². The lowest BCUT2D eigenvalue weighted by molar-refractivity contribution is 0.248. The highest BCUT2D eigenvalue weighted by atomic mass is 35.5. The average Bonchev–Trinajstić information content (AvgIpc) is 3.20. The first-order valence-corrected chi connectivity index (χ1v) is 10.1. The van der Waals surface area contributed by atoms with Crippen molar-refractivity contribution in [1.29, 1.82) is 0 Å². The molecule has 1 aliphatic rings. The number of pyridine rings is 1. The minimum atomic E-state index is 0.580. The van der Waals surface area contributed by atoms with Gasteiger partial charge in [-0.1, -0.05) is 29.8 Å². The van der Waals surface area contributed by atoms with E-state index in [2.05, 4.69) is 4.90 Å². The van der Waals surface area contributed by atoms with Crippen molar-refractivity contribution in [3.05, 3.63) is 41.4 Å². The Morgan fingerprint density at radius 2 is 1.78 bits per heavy atom. The lowest BCUT2D eigenvalue weighted by Gasteiger charge is -2.16. The van der Waals surface area contributed by atoms with Crippen LogP contribution in [0.4, 0.5) is 0 Å². The predicted octanol–water partition coefficient (Wildman–Crippen LogP) is 5.30. The van der Waals surface area contributed by atoms with Crippen molar-refractivity contribution in [2.24, 2.45) is 0 Å². The monoisotopic (exact) mass is 384 g/mol. The molecule has 5 heteroatoms. The van der Waals surface area contributed by atoms with Crippen molar-refractivity contribution in [3.63, 3.8) is 0 Å². The summed E-state index contributed by atoms with van der Waals surface area (Å²) in [5.74, 6) is 1.47. The number of nitrogens with zero attached hydrogens (tertiary/aromatic N) is 2. The van der Waals surface area contributed by atoms with Gasteiger partial charge < -0.3 is 14.4 Å². The van der Waals surface area contributed by atoms with Crippen LogP contribution < -0.4 is 9.47 Å². The van der Waals surface area contributed by atoms with E-state index in [4.69, 9.17) is 26.1 Å². The normalized spacial score (nSPS) is 14.9. The summed E-state index contributed by atoms with van der Waals surface area (Å²) < 4.78 is 11.9. The van der Waals surface area contributed by atoms with Gasteiger partial charge in [-0.15, -0.1) is 0 Å². The Hall–Kier alpha value is -2.04. The van der Waals surface area contributed by atoms with E-state index in [0.717, 1.165) is 46.3 Å². The predicted molar refractivity (Wildman–Crippen MR) is 111 cm³/mol. The fourth-order valence-electron chi connectivity index (χ4n) is 3.71. The molecule has 1 fully saturated rings. The maximum atomic E-state index is 6.68. The van der Waals surface area contributed by atoms with Crippen LogP contribution in [0, 0.1) is 0 Å². The number of rotatable bonds is 7. The molecule has 0 aliphatic carbocycles. The summed E-state index contributed by atoms with van der Waals surface area (Å²) in [5.41, 5.74) is 1.71. The molecule has 0 N–H and O–H groups in total. The zero-order valence-corrected chi connectivity index (χ0v) is 16.5. The Morgan fingerprint density at radius 1 is 1.00 bits per heavy atom. The van der Waals surface area contributed by atoms with Gasteiger partial charge in [0.25, 0.3) is 0 Å². The molecule has 0 saturated carbocycles. The molecule has 4 rings (SSSR count). The van der Waals surface area contributed by atoms with Gasteiger partial charge in [0.15, 0.2) is 11.5 Å². The fourth-order valence-corrected chi connectivity index (χ4v) is 4.02. The van der Waals surface area contributed by atoms with Crippen LogP contribution in [0.5, 0.6) is 11.5 Å². The Bertz CT molecular complexity index is 938. The molecule has 1 saturated heterocycles. The van der Waals surface area contributed by atoms with Gasteiger partial charge >= 0.3 is 0 Å². The van der Waals surface area contributed by atoms with Crippen LogP contribution in [0.3, 0.4) is 0 Å². The number of aromatic nitrogens is 1. The third-order valence-electron chi connectivity index (χ3n) is 5.05. The van der Waals surface area contributed by atoms with Crippen molar-refractivity contribution < 1.29 is 9.47 Å². The molecular weight excluding hydrogens is 360 g/mol. The molecule has 1 aromatic heterocycles. The summed E-state index contributed by atoms with van der Waals surface area (Å²) in [7, 11) is 0. The van der Waals surface area contributed by atoms with Crippen LogP contribution in [0.25, 0.3) is 21.8 Å². The number of hydrogen-bond donors (Lipinski definition) is 0. The van der Waals surface area contributed by atoms with E-state index in [0.29, 0.717) is 18.2 Å². The van der Waals surface area contributed by atoms with Crippen molar-refractivity contribution >= 4 is 33.4 Å². The molecule has 27 heavy (non-hydrogen) atoms. The third kappa shape index (κ3) is 3.97. The topological polar surface area (TPSA) is 34.6 Å². The molecule has 2 heterocycles. The van der Waals surface area contributed by atoms with Gasteiger partial charge in [-0.3, -0.25) is 0 Å². The highest BCUT2D eigenvalue weighted by Crippen LogP contribution is 2.37. The molecule has 4 nitrogen and oxygen atoms in total. The van der Waals surface area contributed by atoms with Crippen LogP contribution in [0.15, 0.2) is 36.4 Å². The Kier molecular flexibility index (Phi) is 5.65. The van der Waals surface area contributed by atoms with E-state index < -0.39 is 0 Å². The van der Waals surface area contributed by atoms with Gasteiger partial charge in [0.1, 0.15) is 0 Å². The molecule has 0 bridgehead atoms. The lowest BCUT2D eigenvalue weighted by Crippen LogP contribution is -2.21. The number of likely N-dealkylation sites (tertiary alicyclic amines) is 1. The standard InChI is InChI=1S/C22H25ClN2O2/c1-2-26-21-15-19-17(22(23)16-8-3-4-9-18(16)24-19)14-20(21)27-13-7-12-25-10-5-6-11-25/h3-4,8-9,14-15H,2,5-7,10-13H2,1H3. The summed E-state index contributed by atoms with van der Waals surface area (Å²) in [4.78, 5) is 7.24. The first kappa shape index (κ1) is 18.3. The number of ether oxygens (including phenoxy) is 2. The molecule has 3 aromatic rings. The van der Waals surface area contributed by atoms with E-state index in [9.17, 15) is 0 Å². The Labute approximate surface area is 165 Å². The van der Waals surface area contributed by atoms with Gasteiger partial charge in [-0.2, -0.15) is 0 Å². The average molecular weight is 385 g/mol. The van der Waals surface area contributed by atoms with Gasteiger partial charge in [-0.05, 0) is 51.4 Å². The van der Waals surface area contributed by atoms with Gasteiger partial charge in [-0.25, -0.2) is 4.98 Å². The molecule has 0 spiro atoms. The van der Waals surface area contributed by atoms with Crippen molar-refractivity contribution in [1.82, 2.24) is 9.88 Å². The SMILES string of the molecule is CCOc1cc2nc3ccccc3c(Cl)c2cc1OCCCN1CCCC1. The maximum absolute atomic E-state index is 6.68. The highest BCUT2D eigenvalue weighted by Gasteiger charge is 2.14. The number of benzene rings is 2. The fraction of sp³-hybridized carbons (Fsp3) is 0.409. The van der Waals surface area contributed by atoms with Gasteiger partial charge in [0.2, 0.25) is 0 Å². The minimum absolute atomic E-state index is 0.580. The van der Waals surface area contributed by atoms with Crippen molar-refractivity contribution in [2.75, 3.05) is 32.8 Å².